The van der Waals surface area contributed by atoms with Gasteiger partial charge in [-0.25, -0.2) is 0 Å². The Morgan fingerprint density at radius 2 is 1.62 bits per heavy atom. The highest BCUT2D eigenvalue weighted by atomic mass is 16.5. The molecule has 1 heterocycles. The molecule has 1 saturated heterocycles. The lowest BCUT2D eigenvalue weighted by Crippen LogP contribution is -2.14. The fraction of sp³-hybridized carbons (Fsp3) is 0.846. The Labute approximate surface area is 97.5 Å². The van der Waals surface area contributed by atoms with Gasteiger partial charge in [0.25, 0.3) is 0 Å². The van der Waals surface area contributed by atoms with Crippen molar-refractivity contribution in [1.29, 1.82) is 0 Å². The summed E-state index contributed by atoms with van der Waals surface area (Å²) in [6.45, 7) is 2.36. The second-order valence-corrected chi connectivity index (χ2v) is 4.80. The maximum absolute atomic E-state index is 11.5. The Kier molecular flexibility index (Phi) is 6.12. The molecule has 3 nitrogen and oxygen atoms in total. The minimum Gasteiger partial charge on any atom is -0.465 e. The second kappa shape index (κ2) is 7.42. The first-order valence-electron chi connectivity index (χ1n) is 6.36. The highest BCUT2D eigenvalue weighted by molar-refractivity contribution is 5.78. The zero-order valence-electron chi connectivity index (χ0n) is 10.2. The van der Waals surface area contributed by atoms with Crippen LogP contribution in [0.5, 0.6) is 0 Å². The van der Waals surface area contributed by atoms with E-state index < -0.39 is 0 Å². The molecule has 16 heavy (non-hydrogen) atoms. The first kappa shape index (κ1) is 13.2. The number of hydrogen-bond acceptors (Lipinski definition) is 3. The average Bonchev–Trinajstić information content (AvgIpc) is 2.25. The summed E-state index contributed by atoms with van der Waals surface area (Å²) >= 11 is 0. The molecule has 0 spiro atoms. The number of ketones is 1. The Bertz CT molecular complexity index is 235. The van der Waals surface area contributed by atoms with Gasteiger partial charge in [0, 0.05) is 19.3 Å². The molecule has 0 saturated carbocycles. The molecule has 1 unspecified atom stereocenters. The lowest BCUT2D eigenvalue weighted by molar-refractivity contribution is -0.145. The summed E-state index contributed by atoms with van der Waals surface area (Å²) in [5.41, 5.74) is 0. The van der Waals surface area contributed by atoms with E-state index in [1.54, 1.807) is 0 Å². The van der Waals surface area contributed by atoms with Crippen LogP contribution in [0, 0.1) is 5.92 Å². The number of carbonyl (C=O) groups is 2. The molecular weight excluding hydrogens is 204 g/mol. The number of carbonyl (C=O) groups excluding carboxylic acids is 2. The van der Waals surface area contributed by atoms with Crippen LogP contribution in [0.3, 0.4) is 0 Å². The summed E-state index contributed by atoms with van der Waals surface area (Å²) < 4.78 is 5.13. The lowest BCUT2D eigenvalue weighted by atomic mass is 10.0. The third kappa shape index (κ3) is 5.89. The fourth-order valence-corrected chi connectivity index (χ4v) is 1.98. The van der Waals surface area contributed by atoms with Crippen LogP contribution in [0.2, 0.25) is 0 Å². The van der Waals surface area contributed by atoms with Crippen molar-refractivity contribution in [2.75, 3.05) is 6.61 Å². The Morgan fingerprint density at radius 3 is 2.38 bits per heavy atom. The number of Topliss-reactive ketones (excluding diaryl/α,β-unsaturated/α-hetero) is 1. The number of hydrogen-bond donors (Lipinski definition) is 0. The monoisotopic (exact) mass is 226 g/mol. The predicted octanol–water partition coefficient (Wildman–Crippen LogP) is 2.87. The summed E-state index contributed by atoms with van der Waals surface area (Å²) in [4.78, 5) is 22.8. The number of esters is 1. The van der Waals surface area contributed by atoms with Gasteiger partial charge in [-0.05, 0) is 18.8 Å². The summed E-state index contributed by atoms with van der Waals surface area (Å²) in [5, 5.41) is 0. The fourth-order valence-electron chi connectivity index (χ4n) is 1.98. The predicted molar refractivity (Wildman–Crippen MR) is 62.1 cm³/mol. The van der Waals surface area contributed by atoms with Gasteiger partial charge >= 0.3 is 5.97 Å². The number of cyclic esters (lactones) is 1. The van der Waals surface area contributed by atoms with Crippen molar-refractivity contribution in [3.8, 4) is 0 Å². The minimum atomic E-state index is -0.112. The molecule has 0 bridgehead atoms. The molecule has 1 fully saturated rings. The van der Waals surface area contributed by atoms with E-state index in [1.807, 2.05) is 6.92 Å². The summed E-state index contributed by atoms with van der Waals surface area (Å²) in [5.74, 6) is 0.360. The van der Waals surface area contributed by atoms with Gasteiger partial charge in [-0.1, -0.05) is 26.2 Å². The Morgan fingerprint density at radius 1 is 1.00 bits per heavy atom. The van der Waals surface area contributed by atoms with E-state index in [0.717, 1.165) is 32.1 Å². The molecule has 1 atom stereocenters. The molecular formula is C13H22O3. The van der Waals surface area contributed by atoms with Crippen molar-refractivity contribution in [3.05, 3.63) is 0 Å². The zero-order chi connectivity index (χ0) is 11.8. The first-order valence-corrected chi connectivity index (χ1v) is 6.36. The molecule has 0 aromatic heterocycles. The molecule has 0 aromatic carbocycles. The van der Waals surface area contributed by atoms with Gasteiger partial charge in [0.05, 0.1) is 6.61 Å². The molecule has 0 radical (unpaired) electrons. The highest BCUT2D eigenvalue weighted by Gasteiger charge is 2.12. The number of ether oxygens (including phenoxy) is 1. The Hall–Kier alpha value is -0.860. The molecule has 1 rings (SSSR count). The van der Waals surface area contributed by atoms with Crippen molar-refractivity contribution in [3.63, 3.8) is 0 Å². The SMILES string of the molecule is CC1COC(=O)CCCCCCCC(=O)C1. The van der Waals surface area contributed by atoms with Crippen LogP contribution < -0.4 is 0 Å². The Balaban J connectivity index is 2.38. The standard InChI is InChI=1S/C13H22O3/c1-11-9-12(14)7-5-3-2-4-6-8-13(15)16-10-11/h11H,2-10H2,1H3. The normalized spacial score (nSPS) is 26.2. The van der Waals surface area contributed by atoms with Crippen molar-refractivity contribution in [1.82, 2.24) is 0 Å². The lowest BCUT2D eigenvalue weighted by Gasteiger charge is -2.10. The van der Waals surface area contributed by atoms with Crippen LogP contribution in [0.25, 0.3) is 0 Å². The minimum absolute atomic E-state index is 0.112. The molecule has 0 amide bonds. The molecule has 0 N–H and O–H groups in total. The van der Waals surface area contributed by atoms with Crippen molar-refractivity contribution in [2.24, 2.45) is 5.92 Å². The van der Waals surface area contributed by atoms with Crippen LogP contribution >= 0.6 is 0 Å². The van der Waals surface area contributed by atoms with E-state index in [0.29, 0.717) is 31.7 Å². The third-order valence-electron chi connectivity index (χ3n) is 2.94. The summed E-state index contributed by atoms with van der Waals surface area (Å²) in [6.07, 6.45) is 6.98. The van der Waals surface area contributed by atoms with Crippen LogP contribution in [0.1, 0.15) is 58.3 Å². The molecule has 1 aliphatic heterocycles. The first-order chi connectivity index (χ1) is 7.68. The quantitative estimate of drug-likeness (QED) is 0.596. The summed E-state index contributed by atoms with van der Waals surface area (Å²) in [6, 6.07) is 0. The van der Waals surface area contributed by atoms with Gasteiger partial charge in [0.2, 0.25) is 0 Å². The van der Waals surface area contributed by atoms with Crippen molar-refractivity contribution < 1.29 is 14.3 Å². The summed E-state index contributed by atoms with van der Waals surface area (Å²) in [7, 11) is 0. The number of rotatable bonds is 0. The smallest absolute Gasteiger partial charge is 0.305 e. The molecule has 1 aliphatic rings. The molecule has 3 heteroatoms. The van der Waals surface area contributed by atoms with Crippen molar-refractivity contribution in [2.45, 2.75) is 58.3 Å². The van der Waals surface area contributed by atoms with Crippen LogP contribution in [0.4, 0.5) is 0 Å². The van der Waals surface area contributed by atoms with E-state index in [4.69, 9.17) is 4.74 Å². The van der Waals surface area contributed by atoms with Gasteiger partial charge in [-0.2, -0.15) is 0 Å². The van der Waals surface area contributed by atoms with Crippen LogP contribution in [-0.2, 0) is 14.3 Å². The second-order valence-electron chi connectivity index (χ2n) is 4.80. The maximum atomic E-state index is 11.5. The van der Waals surface area contributed by atoms with Gasteiger partial charge in [0.15, 0.2) is 0 Å². The van der Waals surface area contributed by atoms with Crippen molar-refractivity contribution >= 4 is 11.8 Å². The zero-order valence-corrected chi connectivity index (χ0v) is 10.2. The average molecular weight is 226 g/mol. The highest BCUT2D eigenvalue weighted by Crippen LogP contribution is 2.13. The van der Waals surface area contributed by atoms with Crippen LogP contribution in [-0.4, -0.2) is 18.4 Å². The largest absolute Gasteiger partial charge is 0.465 e. The van der Waals surface area contributed by atoms with E-state index in [2.05, 4.69) is 0 Å². The van der Waals surface area contributed by atoms with E-state index in [9.17, 15) is 9.59 Å². The molecule has 0 aliphatic carbocycles. The van der Waals surface area contributed by atoms with E-state index >= 15 is 0 Å². The van der Waals surface area contributed by atoms with E-state index in [1.165, 1.54) is 0 Å². The van der Waals surface area contributed by atoms with Gasteiger partial charge in [0.1, 0.15) is 5.78 Å². The van der Waals surface area contributed by atoms with Gasteiger partial charge in [-0.15, -0.1) is 0 Å². The molecule has 0 aromatic rings. The van der Waals surface area contributed by atoms with Crippen LogP contribution in [0.15, 0.2) is 0 Å². The van der Waals surface area contributed by atoms with Gasteiger partial charge < -0.3 is 4.74 Å². The third-order valence-corrected chi connectivity index (χ3v) is 2.94. The maximum Gasteiger partial charge on any atom is 0.305 e. The topological polar surface area (TPSA) is 43.4 Å². The molecule has 92 valence electrons. The van der Waals surface area contributed by atoms with E-state index in [-0.39, 0.29) is 11.9 Å². The van der Waals surface area contributed by atoms with Gasteiger partial charge in [-0.3, -0.25) is 9.59 Å².